The molecule has 0 aliphatic rings. The minimum Gasteiger partial charge on any atom is -0.304 e. The highest BCUT2D eigenvalue weighted by atomic mass is 32.1. The van der Waals surface area contributed by atoms with Gasteiger partial charge in [0.15, 0.2) is 0 Å². The van der Waals surface area contributed by atoms with Crippen LogP contribution in [0, 0.1) is 6.92 Å². The first-order chi connectivity index (χ1) is 7.66. The van der Waals surface area contributed by atoms with Crippen LogP contribution in [-0.2, 0) is 13.6 Å². The molecule has 0 saturated heterocycles. The summed E-state index contributed by atoms with van der Waals surface area (Å²) in [7, 11) is 1.99. The van der Waals surface area contributed by atoms with Crippen LogP contribution >= 0.6 is 11.3 Å². The summed E-state index contributed by atoms with van der Waals surface area (Å²) in [5.41, 5.74) is 2.30. The predicted octanol–water partition coefficient (Wildman–Crippen LogP) is 2.64. The van der Waals surface area contributed by atoms with Gasteiger partial charge in [0, 0.05) is 24.5 Å². The third kappa shape index (κ3) is 2.51. The monoisotopic (exact) mass is 235 g/mol. The lowest BCUT2D eigenvalue weighted by Crippen LogP contribution is -2.18. The van der Waals surface area contributed by atoms with Crippen molar-refractivity contribution in [3.63, 3.8) is 0 Å². The number of aromatic nitrogens is 2. The van der Waals surface area contributed by atoms with Gasteiger partial charge < -0.3 is 5.32 Å². The predicted molar refractivity (Wildman–Crippen MR) is 67.5 cm³/mol. The fraction of sp³-hybridized carbons (Fsp3) is 0.417. The summed E-state index contributed by atoms with van der Waals surface area (Å²) in [5, 5.41) is 9.95. The number of hydrogen-bond donors (Lipinski definition) is 1. The molecule has 0 aliphatic carbocycles. The molecule has 2 rings (SSSR count). The van der Waals surface area contributed by atoms with Crippen LogP contribution in [0.5, 0.6) is 0 Å². The molecule has 0 saturated carbocycles. The van der Waals surface area contributed by atoms with E-state index in [9.17, 15) is 0 Å². The van der Waals surface area contributed by atoms with E-state index in [0.29, 0.717) is 6.04 Å². The van der Waals surface area contributed by atoms with E-state index in [0.717, 1.165) is 12.2 Å². The summed E-state index contributed by atoms with van der Waals surface area (Å²) >= 11 is 1.79. The van der Waals surface area contributed by atoms with Crippen molar-refractivity contribution >= 4 is 11.3 Å². The van der Waals surface area contributed by atoms with Crippen molar-refractivity contribution in [2.24, 2.45) is 7.05 Å². The van der Waals surface area contributed by atoms with Crippen molar-refractivity contribution in [3.05, 3.63) is 39.8 Å². The molecule has 1 N–H and O–H groups in total. The Morgan fingerprint density at radius 2 is 2.38 bits per heavy atom. The van der Waals surface area contributed by atoms with Crippen molar-refractivity contribution < 1.29 is 0 Å². The van der Waals surface area contributed by atoms with Gasteiger partial charge >= 0.3 is 0 Å². The standard InChI is InChI=1S/C12H17N3S/c1-9-7-11(15(3)14-9)8-13-10(2)12-5-4-6-16-12/h4-7,10,13H,8H2,1-3H3. The third-order valence-electron chi connectivity index (χ3n) is 2.66. The highest BCUT2D eigenvalue weighted by Gasteiger charge is 2.07. The summed E-state index contributed by atoms with van der Waals surface area (Å²) in [4.78, 5) is 1.37. The van der Waals surface area contributed by atoms with Crippen molar-refractivity contribution in [2.75, 3.05) is 0 Å². The van der Waals surface area contributed by atoms with Crippen LogP contribution in [0.2, 0.25) is 0 Å². The fourth-order valence-electron chi connectivity index (χ4n) is 1.73. The Kier molecular flexibility index (Phi) is 3.41. The zero-order valence-corrected chi connectivity index (χ0v) is 10.7. The van der Waals surface area contributed by atoms with E-state index in [2.05, 4.69) is 40.9 Å². The highest BCUT2D eigenvalue weighted by Crippen LogP contribution is 2.18. The second-order valence-electron chi connectivity index (χ2n) is 4.02. The molecular formula is C12H17N3S. The van der Waals surface area contributed by atoms with E-state index < -0.39 is 0 Å². The first kappa shape index (κ1) is 11.4. The molecule has 2 aromatic heterocycles. The van der Waals surface area contributed by atoms with E-state index in [-0.39, 0.29) is 0 Å². The smallest absolute Gasteiger partial charge is 0.0597 e. The van der Waals surface area contributed by atoms with Gasteiger partial charge in [0.2, 0.25) is 0 Å². The van der Waals surface area contributed by atoms with E-state index in [1.165, 1.54) is 10.6 Å². The molecule has 16 heavy (non-hydrogen) atoms. The van der Waals surface area contributed by atoms with Crippen molar-refractivity contribution in [1.29, 1.82) is 0 Å². The highest BCUT2D eigenvalue weighted by molar-refractivity contribution is 7.10. The van der Waals surface area contributed by atoms with Crippen LogP contribution in [0.3, 0.4) is 0 Å². The van der Waals surface area contributed by atoms with Gasteiger partial charge in [0.1, 0.15) is 0 Å². The summed E-state index contributed by atoms with van der Waals surface area (Å²) in [6.07, 6.45) is 0. The second-order valence-corrected chi connectivity index (χ2v) is 5.00. The van der Waals surface area contributed by atoms with Gasteiger partial charge in [-0.25, -0.2) is 0 Å². The van der Waals surface area contributed by atoms with Crippen molar-refractivity contribution in [1.82, 2.24) is 15.1 Å². The Hall–Kier alpha value is -1.13. The molecule has 1 atom stereocenters. The maximum Gasteiger partial charge on any atom is 0.0597 e. The third-order valence-corrected chi connectivity index (χ3v) is 3.71. The lowest BCUT2D eigenvalue weighted by Gasteiger charge is -2.11. The largest absolute Gasteiger partial charge is 0.304 e. The number of thiophene rings is 1. The maximum atomic E-state index is 4.33. The molecule has 86 valence electrons. The van der Waals surface area contributed by atoms with Gasteiger partial charge in [-0.15, -0.1) is 11.3 Å². The zero-order chi connectivity index (χ0) is 11.5. The Balaban J connectivity index is 1.95. The Bertz CT molecular complexity index is 445. The minimum absolute atomic E-state index is 0.398. The van der Waals surface area contributed by atoms with Gasteiger partial charge in [-0.3, -0.25) is 4.68 Å². The topological polar surface area (TPSA) is 29.9 Å². The first-order valence-electron chi connectivity index (χ1n) is 5.43. The molecule has 0 radical (unpaired) electrons. The summed E-state index contributed by atoms with van der Waals surface area (Å²) < 4.78 is 1.93. The zero-order valence-electron chi connectivity index (χ0n) is 9.90. The molecule has 1 unspecified atom stereocenters. The van der Waals surface area contributed by atoms with E-state index >= 15 is 0 Å². The second kappa shape index (κ2) is 4.80. The lowest BCUT2D eigenvalue weighted by molar-refractivity contribution is 0.554. The molecule has 0 amide bonds. The first-order valence-corrected chi connectivity index (χ1v) is 6.31. The number of aryl methyl sites for hydroxylation is 2. The quantitative estimate of drug-likeness (QED) is 0.883. The van der Waals surface area contributed by atoms with Gasteiger partial charge in [0.05, 0.1) is 11.4 Å². The maximum absolute atomic E-state index is 4.33. The molecule has 0 fully saturated rings. The molecule has 3 nitrogen and oxygen atoms in total. The van der Waals surface area contributed by atoms with E-state index in [4.69, 9.17) is 0 Å². The fourth-order valence-corrected chi connectivity index (χ4v) is 2.48. The normalized spacial score (nSPS) is 12.9. The van der Waals surface area contributed by atoms with Crippen molar-refractivity contribution in [3.8, 4) is 0 Å². The van der Waals surface area contributed by atoms with Crippen LogP contribution in [0.15, 0.2) is 23.6 Å². The molecule has 2 aromatic rings. The lowest BCUT2D eigenvalue weighted by atomic mass is 10.2. The van der Waals surface area contributed by atoms with E-state index in [1.807, 2.05) is 18.7 Å². The van der Waals surface area contributed by atoms with Crippen molar-refractivity contribution in [2.45, 2.75) is 26.4 Å². The van der Waals surface area contributed by atoms with Gasteiger partial charge in [-0.1, -0.05) is 6.07 Å². The number of rotatable bonds is 4. The number of hydrogen-bond acceptors (Lipinski definition) is 3. The molecule has 2 heterocycles. The number of nitrogens with one attached hydrogen (secondary N) is 1. The average Bonchev–Trinajstić information content (AvgIpc) is 2.84. The van der Waals surface area contributed by atoms with Crippen LogP contribution in [-0.4, -0.2) is 9.78 Å². The molecular weight excluding hydrogens is 218 g/mol. The van der Waals surface area contributed by atoms with Crippen LogP contribution in [0.4, 0.5) is 0 Å². The Morgan fingerprint density at radius 1 is 1.56 bits per heavy atom. The SMILES string of the molecule is Cc1cc(CNC(C)c2cccs2)n(C)n1. The van der Waals surface area contributed by atoms with Gasteiger partial charge in [-0.2, -0.15) is 5.10 Å². The average molecular weight is 235 g/mol. The summed E-state index contributed by atoms with van der Waals surface area (Å²) in [5.74, 6) is 0. The van der Waals surface area contributed by atoms with Crippen LogP contribution in [0.1, 0.15) is 29.2 Å². The Morgan fingerprint density at radius 3 is 2.94 bits per heavy atom. The van der Waals surface area contributed by atoms with E-state index in [1.54, 1.807) is 11.3 Å². The molecule has 0 aliphatic heterocycles. The van der Waals surface area contributed by atoms with Crippen LogP contribution < -0.4 is 5.32 Å². The Labute approximate surface area is 100 Å². The summed E-state index contributed by atoms with van der Waals surface area (Å²) in [6, 6.07) is 6.77. The van der Waals surface area contributed by atoms with Gasteiger partial charge in [-0.05, 0) is 31.4 Å². The molecule has 4 heteroatoms. The molecule has 0 aromatic carbocycles. The van der Waals surface area contributed by atoms with Gasteiger partial charge in [0.25, 0.3) is 0 Å². The molecule has 0 spiro atoms. The van der Waals surface area contributed by atoms with Crippen LogP contribution in [0.25, 0.3) is 0 Å². The molecule has 0 bridgehead atoms. The summed E-state index contributed by atoms with van der Waals surface area (Å²) in [6.45, 7) is 5.07. The number of nitrogens with zero attached hydrogens (tertiary/aromatic N) is 2. The minimum atomic E-state index is 0.398.